The molecule has 1 atom stereocenters. The molecule has 0 fully saturated rings. The fraction of sp³-hybridized carbons (Fsp3) is 0.368. The fourth-order valence-electron chi connectivity index (χ4n) is 2.90. The highest BCUT2D eigenvalue weighted by atomic mass is 32.1. The molecule has 6 heteroatoms. The van der Waals surface area contributed by atoms with Crippen LogP contribution < -0.4 is 15.6 Å². The topological polar surface area (TPSA) is 67.4 Å². The molecule has 0 bridgehead atoms. The molecule has 1 aliphatic carbocycles. The summed E-state index contributed by atoms with van der Waals surface area (Å²) in [5.74, 6) is 0.642. The molecule has 132 valence electrons. The summed E-state index contributed by atoms with van der Waals surface area (Å²) in [5, 5.41) is 0. The molecule has 0 saturated heterocycles. The number of hydrogen-bond donors (Lipinski definition) is 2. The van der Waals surface area contributed by atoms with Gasteiger partial charge in [-0.25, -0.2) is 0 Å². The lowest BCUT2D eigenvalue weighted by Crippen LogP contribution is -2.43. The van der Waals surface area contributed by atoms with E-state index in [-0.39, 0.29) is 12.5 Å². The van der Waals surface area contributed by atoms with Gasteiger partial charge < -0.3 is 4.74 Å². The molecule has 0 unspecified atom stereocenters. The van der Waals surface area contributed by atoms with Crippen LogP contribution in [0.15, 0.2) is 30.3 Å². The second-order valence-corrected chi connectivity index (χ2v) is 7.60. The lowest BCUT2D eigenvalue weighted by molar-refractivity contribution is -0.123. The monoisotopic (exact) mass is 358 g/mol. The minimum absolute atomic E-state index is 0.149. The van der Waals surface area contributed by atoms with Crippen molar-refractivity contribution in [3.05, 3.63) is 51.2 Å². The van der Waals surface area contributed by atoms with Crippen molar-refractivity contribution in [2.24, 2.45) is 5.92 Å². The van der Waals surface area contributed by atoms with Crippen LogP contribution in [0.2, 0.25) is 0 Å². The van der Waals surface area contributed by atoms with Gasteiger partial charge in [0.2, 0.25) is 0 Å². The summed E-state index contributed by atoms with van der Waals surface area (Å²) >= 11 is 1.51. The third kappa shape index (κ3) is 4.39. The number of amides is 2. The molecule has 0 aliphatic heterocycles. The molecule has 1 heterocycles. The number of aryl methyl sites for hydroxylation is 2. The zero-order chi connectivity index (χ0) is 17.8. The third-order valence-corrected chi connectivity index (χ3v) is 5.56. The summed E-state index contributed by atoms with van der Waals surface area (Å²) in [4.78, 5) is 26.0. The van der Waals surface area contributed by atoms with E-state index in [9.17, 15) is 9.59 Å². The predicted octanol–water partition coefficient (Wildman–Crippen LogP) is 3.02. The highest BCUT2D eigenvalue weighted by molar-refractivity contribution is 7.14. The Morgan fingerprint density at radius 2 is 2.08 bits per heavy atom. The number of carbonyl (C=O) groups excluding carboxylic acids is 2. The van der Waals surface area contributed by atoms with Crippen molar-refractivity contribution in [3.8, 4) is 5.75 Å². The van der Waals surface area contributed by atoms with Gasteiger partial charge in [0, 0.05) is 4.88 Å². The van der Waals surface area contributed by atoms with Crippen molar-refractivity contribution in [2.45, 2.75) is 33.1 Å². The second-order valence-electron chi connectivity index (χ2n) is 6.46. The quantitative estimate of drug-likeness (QED) is 0.826. The highest BCUT2D eigenvalue weighted by Crippen LogP contribution is 2.32. The molecule has 25 heavy (non-hydrogen) atoms. The van der Waals surface area contributed by atoms with Gasteiger partial charge in [0.15, 0.2) is 6.61 Å². The summed E-state index contributed by atoms with van der Waals surface area (Å²) in [5.41, 5.74) is 7.09. The Kier molecular flexibility index (Phi) is 5.38. The second kappa shape index (κ2) is 7.70. The van der Waals surface area contributed by atoms with E-state index < -0.39 is 5.91 Å². The zero-order valence-electron chi connectivity index (χ0n) is 14.4. The van der Waals surface area contributed by atoms with Crippen molar-refractivity contribution in [1.82, 2.24) is 10.9 Å². The first-order chi connectivity index (χ1) is 12.0. The van der Waals surface area contributed by atoms with Crippen LogP contribution in [0.1, 0.15) is 39.0 Å². The molecule has 1 aromatic heterocycles. The van der Waals surface area contributed by atoms with Crippen LogP contribution in [-0.4, -0.2) is 18.4 Å². The number of ether oxygens (including phenoxy) is 1. The number of carbonyl (C=O) groups is 2. The van der Waals surface area contributed by atoms with Crippen LogP contribution in [0, 0.1) is 12.8 Å². The van der Waals surface area contributed by atoms with Gasteiger partial charge >= 0.3 is 0 Å². The van der Waals surface area contributed by atoms with Crippen molar-refractivity contribution in [1.29, 1.82) is 0 Å². The van der Waals surface area contributed by atoms with Gasteiger partial charge in [0.1, 0.15) is 5.75 Å². The van der Waals surface area contributed by atoms with Crippen molar-refractivity contribution < 1.29 is 14.3 Å². The van der Waals surface area contributed by atoms with Crippen LogP contribution in [0.25, 0.3) is 0 Å². The summed E-state index contributed by atoms with van der Waals surface area (Å²) in [7, 11) is 0. The molecule has 1 aromatic carbocycles. The first kappa shape index (κ1) is 17.5. The number of benzene rings is 1. The lowest BCUT2D eigenvalue weighted by Gasteiger charge is -2.16. The maximum absolute atomic E-state index is 12.2. The fourth-order valence-corrected chi connectivity index (χ4v) is 4.01. The predicted molar refractivity (Wildman–Crippen MR) is 97.8 cm³/mol. The van der Waals surface area contributed by atoms with E-state index in [4.69, 9.17) is 4.74 Å². The van der Waals surface area contributed by atoms with Crippen molar-refractivity contribution in [2.75, 3.05) is 6.61 Å². The Bertz CT molecular complexity index is 785. The Labute approximate surface area is 151 Å². The van der Waals surface area contributed by atoms with E-state index in [1.165, 1.54) is 28.2 Å². The van der Waals surface area contributed by atoms with E-state index in [1.54, 1.807) is 6.07 Å². The van der Waals surface area contributed by atoms with Crippen LogP contribution >= 0.6 is 11.3 Å². The largest absolute Gasteiger partial charge is 0.483 e. The normalized spacial score (nSPS) is 16.0. The van der Waals surface area contributed by atoms with Crippen LogP contribution in [0.3, 0.4) is 0 Å². The number of hydrazine groups is 1. The zero-order valence-corrected chi connectivity index (χ0v) is 15.2. The number of para-hydroxylation sites is 1. The first-order valence-corrected chi connectivity index (χ1v) is 9.24. The number of fused-ring (bicyclic) bond motifs is 1. The standard InChI is InChI=1S/C19H22N2O3S/c1-12-7-8-16-14(9-12)10-17(25-16)19(23)21-20-18(22)11-24-15-6-4-3-5-13(15)2/h3-6,10,12H,7-9,11H2,1-2H3,(H,20,22)(H,21,23)/t12-/m1/s1. The summed E-state index contributed by atoms with van der Waals surface area (Å²) < 4.78 is 5.45. The maximum Gasteiger partial charge on any atom is 0.279 e. The minimum atomic E-state index is -0.397. The number of hydrogen-bond acceptors (Lipinski definition) is 4. The Hall–Kier alpha value is -2.34. The molecule has 2 N–H and O–H groups in total. The molecule has 5 nitrogen and oxygen atoms in total. The van der Waals surface area contributed by atoms with Crippen molar-refractivity contribution in [3.63, 3.8) is 0 Å². The third-order valence-electron chi connectivity index (χ3n) is 4.32. The average molecular weight is 358 g/mol. The van der Waals surface area contributed by atoms with E-state index in [0.29, 0.717) is 16.5 Å². The number of nitrogens with one attached hydrogen (secondary N) is 2. The van der Waals surface area contributed by atoms with Gasteiger partial charge in [0.05, 0.1) is 4.88 Å². The van der Waals surface area contributed by atoms with Gasteiger partial charge in [-0.05, 0) is 55.4 Å². The summed E-state index contributed by atoms with van der Waals surface area (Å²) in [6.45, 7) is 3.99. The molecule has 2 amide bonds. The molecule has 1 aliphatic rings. The lowest BCUT2D eigenvalue weighted by atomic mass is 9.90. The molecule has 0 spiro atoms. The van der Waals surface area contributed by atoms with Gasteiger partial charge in [-0.15, -0.1) is 11.3 Å². The van der Waals surface area contributed by atoms with Crippen LogP contribution in [0.5, 0.6) is 5.75 Å². The van der Waals surface area contributed by atoms with Gasteiger partial charge in [-0.1, -0.05) is 25.1 Å². The SMILES string of the molecule is Cc1ccccc1OCC(=O)NNC(=O)c1cc2c(s1)CC[C@@H](C)C2. The number of rotatable bonds is 4. The summed E-state index contributed by atoms with van der Waals surface area (Å²) in [6.07, 6.45) is 3.22. The Balaban J connectivity index is 1.49. The van der Waals surface area contributed by atoms with Crippen molar-refractivity contribution >= 4 is 23.2 Å². The molecular formula is C19H22N2O3S. The van der Waals surface area contributed by atoms with Gasteiger partial charge in [-0.3, -0.25) is 20.4 Å². The number of thiophene rings is 1. The van der Waals surface area contributed by atoms with E-state index in [0.717, 1.165) is 18.4 Å². The smallest absolute Gasteiger partial charge is 0.279 e. The van der Waals surface area contributed by atoms with Crippen LogP contribution in [0.4, 0.5) is 0 Å². The highest BCUT2D eigenvalue weighted by Gasteiger charge is 2.20. The molecule has 2 aromatic rings. The van der Waals surface area contributed by atoms with Gasteiger partial charge in [-0.2, -0.15) is 0 Å². The maximum atomic E-state index is 12.2. The van der Waals surface area contributed by atoms with E-state index >= 15 is 0 Å². The molecule has 3 rings (SSSR count). The molecular weight excluding hydrogens is 336 g/mol. The molecule has 0 saturated carbocycles. The van der Waals surface area contributed by atoms with Gasteiger partial charge in [0.25, 0.3) is 11.8 Å². The average Bonchev–Trinajstić information content (AvgIpc) is 3.02. The summed E-state index contributed by atoms with van der Waals surface area (Å²) in [6, 6.07) is 9.42. The molecule has 0 radical (unpaired) electrons. The first-order valence-electron chi connectivity index (χ1n) is 8.42. The Morgan fingerprint density at radius 3 is 2.88 bits per heavy atom. The van der Waals surface area contributed by atoms with E-state index in [2.05, 4.69) is 17.8 Å². The van der Waals surface area contributed by atoms with Crippen LogP contribution in [-0.2, 0) is 17.6 Å². The minimum Gasteiger partial charge on any atom is -0.483 e. The Morgan fingerprint density at radius 1 is 1.28 bits per heavy atom. The van der Waals surface area contributed by atoms with E-state index in [1.807, 2.05) is 31.2 Å².